The number of rotatable bonds is 8. The molecule has 0 bridgehead atoms. The molecule has 0 saturated carbocycles. The van der Waals surface area contributed by atoms with Gasteiger partial charge in [-0.15, -0.1) is 0 Å². The van der Waals surface area contributed by atoms with Gasteiger partial charge in [-0.2, -0.15) is 0 Å². The molecule has 8 heteroatoms. The Bertz CT molecular complexity index is 1180. The molecular formula is C28H34N2O6. The van der Waals surface area contributed by atoms with Crippen LogP contribution in [0, 0.1) is 0 Å². The van der Waals surface area contributed by atoms with Crippen LogP contribution >= 0.6 is 0 Å². The third kappa shape index (κ3) is 4.67. The molecule has 0 aromatic heterocycles. The average molecular weight is 495 g/mol. The summed E-state index contributed by atoms with van der Waals surface area (Å²) in [5.74, 6) is 4.47. The van der Waals surface area contributed by atoms with Gasteiger partial charge in [-0.1, -0.05) is 0 Å². The molecule has 4 rings (SSSR count). The van der Waals surface area contributed by atoms with Crippen LogP contribution in [0.4, 0.5) is 0 Å². The predicted molar refractivity (Wildman–Crippen MR) is 140 cm³/mol. The average Bonchev–Trinajstić information content (AvgIpc) is 2.91. The fraction of sp³-hybridized carbons (Fsp3) is 0.393. The second kappa shape index (κ2) is 10.8. The number of aliphatic imine (C=N–C) groups is 1. The normalized spacial score (nSPS) is 18.1. The van der Waals surface area contributed by atoms with Gasteiger partial charge in [0, 0.05) is 5.70 Å². The highest BCUT2D eigenvalue weighted by atomic mass is 16.5. The Balaban J connectivity index is 1.81. The third-order valence-corrected chi connectivity index (χ3v) is 6.52. The first-order chi connectivity index (χ1) is 17.5. The van der Waals surface area contributed by atoms with Crippen molar-refractivity contribution < 1.29 is 28.4 Å². The van der Waals surface area contributed by atoms with E-state index in [1.807, 2.05) is 31.2 Å². The quantitative estimate of drug-likeness (QED) is 0.532. The molecule has 1 aliphatic heterocycles. The third-order valence-electron chi connectivity index (χ3n) is 6.52. The van der Waals surface area contributed by atoms with Crippen LogP contribution in [0.2, 0.25) is 0 Å². The van der Waals surface area contributed by atoms with Crippen molar-refractivity contribution in [2.45, 2.75) is 32.2 Å². The topological polar surface area (TPSA) is 79.8 Å². The lowest BCUT2D eigenvalue weighted by molar-refractivity contribution is 0.323. The number of hydrogen-bond donors (Lipinski definition) is 1. The number of nitrogens with one attached hydrogen (secondary N) is 1. The molecule has 0 amide bonds. The molecule has 1 atom stereocenters. The van der Waals surface area contributed by atoms with E-state index >= 15 is 0 Å². The first kappa shape index (κ1) is 25.3. The van der Waals surface area contributed by atoms with Crippen LogP contribution in [0.3, 0.4) is 0 Å². The van der Waals surface area contributed by atoms with Crippen molar-refractivity contribution >= 4 is 11.9 Å². The van der Waals surface area contributed by atoms with E-state index in [0.717, 1.165) is 41.9 Å². The van der Waals surface area contributed by atoms with Crippen molar-refractivity contribution in [3.63, 3.8) is 0 Å². The van der Waals surface area contributed by atoms with Crippen molar-refractivity contribution in [2.75, 3.05) is 42.7 Å². The molecule has 36 heavy (non-hydrogen) atoms. The molecule has 0 spiro atoms. The standard InChI is InChI=1S/C28H34N2O6/c1-16-29-25-18(11-17-12-21(31-2)27(35-6)22(13-17)32-3)9-8-10-20(25)26(30-16)19-14-23(33-4)28(36-7)24(15-19)34-5/h11-15,26H,8-10H2,1-7H3,(H,29,30)/b18-11+. The zero-order valence-electron chi connectivity index (χ0n) is 22.0. The summed E-state index contributed by atoms with van der Waals surface area (Å²) in [6.45, 7) is 1.99. The number of allylic oxidation sites excluding steroid dienone is 1. The maximum Gasteiger partial charge on any atom is 0.203 e. The van der Waals surface area contributed by atoms with E-state index in [2.05, 4.69) is 11.4 Å². The molecule has 2 aromatic carbocycles. The Morgan fingerprint density at radius 3 is 1.78 bits per heavy atom. The molecule has 1 aliphatic carbocycles. The molecule has 2 aromatic rings. The molecule has 192 valence electrons. The van der Waals surface area contributed by atoms with Gasteiger partial charge in [-0.05, 0) is 78.8 Å². The number of benzene rings is 2. The summed E-state index contributed by atoms with van der Waals surface area (Å²) in [5.41, 5.74) is 5.52. The Morgan fingerprint density at radius 1 is 0.750 bits per heavy atom. The Hall–Kier alpha value is -3.81. The maximum atomic E-state index is 5.61. The fourth-order valence-electron chi connectivity index (χ4n) is 4.91. The Labute approximate surface area is 212 Å². The van der Waals surface area contributed by atoms with Crippen molar-refractivity contribution in [3.05, 3.63) is 52.2 Å². The van der Waals surface area contributed by atoms with Crippen molar-refractivity contribution in [1.29, 1.82) is 0 Å². The summed E-state index contributed by atoms with van der Waals surface area (Å²) >= 11 is 0. The number of nitrogens with zero attached hydrogens (tertiary/aromatic N) is 1. The first-order valence-electron chi connectivity index (χ1n) is 11.8. The van der Waals surface area contributed by atoms with Gasteiger partial charge in [0.25, 0.3) is 0 Å². The molecular weight excluding hydrogens is 460 g/mol. The number of ether oxygens (including phenoxy) is 6. The Morgan fingerprint density at radius 2 is 1.28 bits per heavy atom. The molecule has 0 fully saturated rings. The highest BCUT2D eigenvalue weighted by Crippen LogP contribution is 2.46. The monoisotopic (exact) mass is 494 g/mol. The van der Waals surface area contributed by atoms with E-state index in [9.17, 15) is 0 Å². The minimum Gasteiger partial charge on any atom is -0.493 e. The lowest BCUT2D eigenvalue weighted by atomic mass is 9.83. The van der Waals surface area contributed by atoms with Crippen molar-refractivity contribution in [3.8, 4) is 34.5 Å². The van der Waals surface area contributed by atoms with Crippen LogP contribution in [0.1, 0.15) is 43.4 Å². The summed E-state index contributed by atoms with van der Waals surface area (Å²) < 4.78 is 33.3. The fourth-order valence-corrected chi connectivity index (χ4v) is 4.91. The number of methoxy groups -OCH3 is 6. The van der Waals surface area contributed by atoms with E-state index in [1.165, 1.54) is 11.1 Å². The Kier molecular flexibility index (Phi) is 7.62. The highest BCUT2D eigenvalue weighted by molar-refractivity contribution is 5.85. The zero-order valence-corrected chi connectivity index (χ0v) is 22.0. The van der Waals surface area contributed by atoms with Gasteiger partial charge in [-0.25, -0.2) is 0 Å². The summed E-state index contributed by atoms with van der Waals surface area (Å²) in [5, 5.41) is 3.53. The van der Waals surface area contributed by atoms with E-state index in [-0.39, 0.29) is 6.04 Å². The molecule has 2 aliphatic rings. The lowest BCUT2D eigenvalue weighted by Gasteiger charge is -2.33. The van der Waals surface area contributed by atoms with Crippen molar-refractivity contribution in [2.24, 2.45) is 4.99 Å². The van der Waals surface area contributed by atoms with Crippen LogP contribution in [0.25, 0.3) is 6.08 Å². The molecule has 0 saturated heterocycles. The maximum absolute atomic E-state index is 5.61. The van der Waals surface area contributed by atoms with E-state index in [4.69, 9.17) is 33.4 Å². The highest BCUT2D eigenvalue weighted by Gasteiger charge is 2.30. The van der Waals surface area contributed by atoms with Gasteiger partial charge in [0.15, 0.2) is 23.0 Å². The zero-order chi connectivity index (χ0) is 25.8. The van der Waals surface area contributed by atoms with Crippen LogP contribution in [0.5, 0.6) is 34.5 Å². The molecule has 1 heterocycles. The summed E-state index contributed by atoms with van der Waals surface area (Å²) in [4.78, 5) is 4.97. The minimum absolute atomic E-state index is 0.154. The van der Waals surface area contributed by atoms with Crippen LogP contribution in [-0.4, -0.2) is 48.5 Å². The van der Waals surface area contributed by atoms with E-state index in [0.29, 0.717) is 34.5 Å². The molecule has 0 radical (unpaired) electrons. The second-order valence-corrected chi connectivity index (χ2v) is 8.58. The predicted octanol–water partition coefficient (Wildman–Crippen LogP) is 5.32. The van der Waals surface area contributed by atoms with Gasteiger partial charge in [0.05, 0.1) is 48.5 Å². The lowest BCUT2D eigenvalue weighted by Crippen LogP contribution is -2.31. The first-order valence-corrected chi connectivity index (χ1v) is 11.8. The smallest absolute Gasteiger partial charge is 0.203 e. The van der Waals surface area contributed by atoms with Gasteiger partial charge in [0.1, 0.15) is 6.04 Å². The van der Waals surface area contributed by atoms with Crippen LogP contribution in [0.15, 0.2) is 46.1 Å². The number of hydrogen-bond acceptors (Lipinski definition) is 8. The summed E-state index contributed by atoms with van der Waals surface area (Å²) in [7, 11) is 9.71. The van der Waals surface area contributed by atoms with Crippen LogP contribution < -0.4 is 33.7 Å². The van der Waals surface area contributed by atoms with E-state index < -0.39 is 0 Å². The largest absolute Gasteiger partial charge is 0.493 e. The van der Waals surface area contributed by atoms with Gasteiger partial charge >= 0.3 is 0 Å². The molecule has 1 N–H and O–H groups in total. The molecule has 1 unspecified atom stereocenters. The SMILES string of the molecule is COc1cc(/C=C2\CCCC3=C2NC(C)=NC3c2cc(OC)c(OC)c(OC)c2)cc(OC)c1OC. The van der Waals surface area contributed by atoms with Crippen molar-refractivity contribution in [1.82, 2.24) is 5.32 Å². The summed E-state index contributed by atoms with van der Waals surface area (Å²) in [6.07, 6.45) is 5.08. The minimum atomic E-state index is -0.154. The van der Waals surface area contributed by atoms with Gasteiger partial charge in [-0.3, -0.25) is 4.99 Å². The summed E-state index contributed by atoms with van der Waals surface area (Å²) in [6, 6.07) is 7.73. The van der Waals surface area contributed by atoms with E-state index in [1.54, 1.807) is 42.7 Å². The molecule has 8 nitrogen and oxygen atoms in total. The number of amidine groups is 1. The van der Waals surface area contributed by atoms with Crippen LogP contribution in [-0.2, 0) is 0 Å². The van der Waals surface area contributed by atoms with Gasteiger partial charge < -0.3 is 33.7 Å². The van der Waals surface area contributed by atoms with Gasteiger partial charge in [0.2, 0.25) is 11.5 Å². The second-order valence-electron chi connectivity index (χ2n) is 8.58.